The average molecular weight is 513 g/mol. The number of halogens is 1. The van der Waals surface area contributed by atoms with Crippen LogP contribution in [0.2, 0.25) is 0 Å². The van der Waals surface area contributed by atoms with Crippen LogP contribution in [0.3, 0.4) is 0 Å². The van der Waals surface area contributed by atoms with E-state index in [9.17, 15) is 9.18 Å². The van der Waals surface area contributed by atoms with Crippen molar-refractivity contribution in [2.45, 2.75) is 50.7 Å². The normalized spacial score (nSPS) is 21.0. The standard InChI is InChI=1S/C29H29FN6O2/c1-17-16-36(29(20-7-9-21(30)10-8-20)22-13-25(38-33-22)19-5-6-19)18(2)15-35(17)24-14-27(37)34(4)23-11-12-26(31-3)32-28(23)24/h7-14,17-19,29H,5-6,15-16H2,1-2,4H3/t17-,18+,29?/m0/s1. The molecule has 1 saturated carbocycles. The maximum atomic E-state index is 13.8. The summed E-state index contributed by atoms with van der Waals surface area (Å²) >= 11 is 0. The minimum atomic E-state index is -0.277. The summed E-state index contributed by atoms with van der Waals surface area (Å²) in [6.45, 7) is 13.0. The number of aromatic nitrogens is 3. The molecule has 9 heteroatoms. The van der Waals surface area contributed by atoms with Gasteiger partial charge in [-0.3, -0.25) is 9.69 Å². The molecule has 0 amide bonds. The highest BCUT2D eigenvalue weighted by Gasteiger charge is 2.38. The van der Waals surface area contributed by atoms with Crippen molar-refractivity contribution in [2.24, 2.45) is 7.05 Å². The highest BCUT2D eigenvalue weighted by Crippen LogP contribution is 2.42. The molecule has 194 valence electrons. The summed E-state index contributed by atoms with van der Waals surface area (Å²) in [4.78, 5) is 25.5. The Labute approximate surface area is 220 Å². The van der Waals surface area contributed by atoms with Gasteiger partial charge >= 0.3 is 0 Å². The van der Waals surface area contributed by atoms with Gasteiger partial charge in [-0.25, -0.2) is 4.39 Å². The third-order valence-corrected chi connectivity index (χ3v) is 7.84. The summed E-state index contributed by atoms with van der Waals surface area (Å²) in [5, 5.41) is 4.46. The molecule has 1 saturated heterocycles. The van der Waals surface area contributed by atoms with Crippen molar-refractivity contribution >= 4 is 22.5 Å². The fourth-order valence-corrected chi connectivity index (χ4v) is 5.60. The molecule has 4 aromatic rings. The second kappa shape index (κ2) is 9.37. The molecule has 0 spiro atoms. The van der Waals surface area contributed by atoms with E-state index in [-0.39, 0.29) is 29.5 Å². The van der Waals surface area contributed by atoms with Gasteiger partial charge in [0.1, 0.15) is 17.3 Å². The Morgan fingerprint density at radius 1 is 1.08 bits per heavy atom. The molecule has 2 aliphatic rings. The molecule has 4 heterocycles. The predicted molar refractivity (Wildman–Crippen MR) is 143 cm³/mol. The van der Waals surface area contributed by atoms with Crippen molar-refractivity contribution in [1.82, 2.24) is 19.6 Å². The molecule has 38 heavy (non-hydrogen) atoms. The molecule has 1 aliphatic heterocycles. The Balaban J connectivity index is 1.38. The van der Waals surface area contributed by atoms with Crippen molar-refractivity contribution < 1.29 is 8.91 Å². The zero-order valence-electron chi connectivity index (χ0n) is 21.6. The second-order valence-corrected chi connectivity index (χ2v) is 10.5. The predicted octanol–water partition coefficient (Wildman–Crippen LogP) is 5.18. The van der Waals surface area contributed by atoms with E-state index < -0.39 is 0 Å². The molecule has 8 nitrogen and oxygen atoms in total. The first-order chi connectivity index (χ1) is 18.3. The van der Waals surface area contributed by atoms with Crippen molar-refractivity contribution in [1.29, 1.82) is 0 Å². The largest absolute Gasteiger partial charge is 0.362 e. The van der Waals surface area contributed by atoms with Crippen molar-refractivity contribution in [3.05, 3.63) is 93.1 Å². The quantitative estimate of drug-likeness (QED) is 0.343. The van der Waals surface area contributed by atoms with Crippen LogP contribution in [0.1, 0.15) is 55.7 Å². The first-order valence-corrected chi connectivity index (χ1v) is 13.0. The van der Waals surface area contributed by atoms with Gasteiger partial charge in [0.05, 0.1) is 17.2 Å². The number of nitrogens with zero attached hydrogens (tertiary/aromatic N) is 6. The van der Waals surface area contributed by atoms with Crippen LogP contribution in [0.4, 0.5) is 15.9 Å². The van der Waals surface area contributed by atoms with E-state index in [4.69, 9.17) is 11.1 Å². The first kappa shape index (κ1) is 24.3. The Kier molecular flexibility index (Phi) is 6.00. The van der Waals surface area contributed by atoms with Crippen LogP contribution in [0.15, 0.2) is 57.8 Å². The number of pyridine rings is 2. The lowest BCUT2D eigenvalue weighted by Crippen LogP contribution is -2.57. The van der Waals surface area contributed by atoms with E-state index in [2.05, 4.69) is 44.7 Å². The molecule has 0 N–H and O–H groups in total. The van der Waals surface area contributed by atoms with Crippen LogP contribution in [0.25, 0.3) is 15.9 Å². The SMILES string of the molecule is [C-]#[N+]c1ccc2c(n1)c(N1C[C@@H](C)N(C(c3ccc(F)cc3)c3cc(C4CC4)on3)C[C@@H]1C)cc(=O)n2C. The molecule has 3 atom stereocenters. The molecule has 0 bridgehead atoms. The summed E-state index contributed by atoms with van der Waals surface area (Å²) in [7, 11) is 1.72. The van der Waals surface area contributed by atoms with Crippen LogP contribution in [-0.4, -0.2) is 44.8 Å². The minimum Gasteiger partial charge on any atom is -0.362 e. The van der Waals surface area contributed by atoms with Crippen LogP contribution < -0.4 is 10.5 Å². The second-order valence-electron chi connectivity index (χ2n) is 10.5. The van der Waals surface area contributed by atoms with Gasteiger partial charge in [0.15, 0.2) is 0 Å². The molecule has 1 aliphatic carbocycles. The van der Waals surface area contributed by atoms with E-state index in [1.54, 1.807) is 29.8 Å². The number of aryl methyl sites for hydroxylation is 1. The van der Waals surface area contributed by atoms with E-state index in [1.807, 2.05) is 12.1 Å². The Hall–Kier alpha value is -4.03. The fourth-order valence-electron chi connectivity index (χ4n) is 5.60. The zero-order chi connectivity index (χ0) is 26.6. The van der Waals surface area contributed by atoms with Gasteiger partial charge in [0.25, 0.3) is 11.4 Å². The van der Waals surface area contributed by atoms with E-state index >= 15 is 0 Å². The lowest BCUT2D eigenvalue weighted by molar-refractivity contribution is 0.125. The summed E-state index contributed by atoms with van der Waals surface area (Å²) in [5.74, 6) is 1.38. The molecule has 2 fully saturated rings. The van der Waals surface area contributed by atoms with Crippen molar-refractivity contribution in [2.75, 3.05) is 18.0 Å². The Bertz CT molecular complexity index is 1600. The van der Waals surface area contributed by atoms with E-state index in [0.29, 0.717) is 35.9 Å². The van der Waals surface area contributed by atoms with Crippen LogP contribution in [0, 0.1) is 12.4 Å². The smallest absolute Gasteiger partial charge is 0.270 e. The summed E-state index contributed by atoms with van der Waals surface area (Å²) < 4.78 is 21.1. The minimum absolute atomic E-state index is 0.0256. The van der Waals surface area contributed by atoms with Crippen molar-refractivity contribution in [3.63, 3.8) is 0 Å². The highest BCUT2D eigenvalue weighted by atomic mass is 19.1. The summed E-state index contributed by atoms with van der Waals surface area (Å²) in [6, 6.07) is 13.6. The maximum absolute atomic E-state index is 13.8. The lowest BCUT2D eigenvalue weighted by atomic mass is 9.96. The van der Waals surface area contributed by atoms with Gasteiger partial charge in [-0.1, -0.05) is 23.9 Å². The average Bonchev–Trinajstić information content (AvgIpc) is 3.66. The maximum Gasteiger partial charge on any atom is 0.270 e. The molecular formula is C29H29FN6O2. The van der Waals surface area contributed by atoms with Crippen molar-refractivity contribution in [3.8, 4) is 0 Å². The van der Waals surface area contributed by atoms with E-state index in [0.717, 1.165) is 35.5 Å². The topological polar surface area (TPSA) is 71.8 Å². The highest BCUT2D eigenvalue weighted by molar-refractivity contribution is 5.89. The van der Waals surface area contributed by atoms with Gasteiger partial charge in [0, 0.05) is 50.3 Å². The molecule has 1 unspecified atom stereocenters. The van der Waals surface area contributed by atoms with Gasteiger partial charge in [0.2, 0.25) is 5.52 Å². The number of anilines is 1. The fraction of sp³-hybridized carbons (Fsp3) is 0.379. The third kappa shape index (κ3) is 4.25. The number of hydrogen-bond donors (Lipinski definition) is 0. The number of fused-ring (bicyclic) bond motifs is 1. The lowest BCUT2D eigenvalue weighted by Gasteiger charge is -2.47. The number of benzene rings is 1. The van der Waals surface area contributed by atoms with Gasteiger partial charge in [-0.05, 0) is 56.5 Å². The van der Waals surface area contributed by atoms with Crippen LogP contribution >= 0.6 is 0 Å². The van der Waals surface area contributed by atoms with Crippen LogP contribution in [0.5, 0.6) is 0 Å². The summed E-state index contributed by atoms with van der Waals surface area (Å²) in [6.07, 6.45) is 2.24. The number of hydrogen-bond acceptors (Lipinski definition) is 6. The van der Waals surface area contributed by atoms with Crippen LogP contribution in [-0.2, 0) is 7.05 Å². The number of piperazine rings is 1. The monoisotopic (exact) mass is 512 g/mol. The van der Waals surface area contributed by atoms with Gasteiger partial charge in [-0.2, -0.15) is 0 Å². The Morgan fingerprint density at radius 2 is 1.84 bits per heavy atom. The van der Waals surface area contributed by atoms with E-state index in [1.165, 1.54) is 12.1 Å². The molecular weight excluding hydrogens is 483 g/mol. The third-order valence-electron chi connectivity index (χ3n) is 7.84. The molecule has 6 rings (SSSR count). The molecule has 1 aromatic carbocycles. The Morgan fingerprint density at radius 3 is 2.55 bits per heavy atom. The molecule has 3 aromatic heterocycles. The van der Waals surface area contributed by atoms with Gasteiger partial charge < -0.3 is 18.8 Å². The first-order valence-electron chi connectivity index (χ1n) is 13.0. The molecule has 0 radical (unpaired) electrons. The summed E-state index contributed by atoms with van der Waals surface area (Å²) in [5.41, 5.74) is 3.75. The van der Waals surface area contributed by atoms with Gasteiger partial charge in [-0.15, -0.1) is 4.98 Å². The zero-order valence-corrected chi connectivity index (χ0v) is 21.6. The number of rotatable bonds is 5.